The zero-order valence-corrected chi connectivity index (χ0v) is 20.9. The van der Waals surface area contributed by atoms with E-state index >= 15 is 0 Å². The average Bonchev–Trinajstić information content (AvgIpc) is 3.28. The number of hydrogen-bond acceptors (Lipinski definition) is 7. The first-order chi connectivity index (χ1) is 16.1. The molecule has 0 radical (unpaired) electrons. The van der Waals surface area contributed by atoms with Gasteiger partial charge in [0.25, 0.3) is 0 Å². The number of methoxy groups -OCH3 is 1. The molecule has 0 bridgehead atoms. The van der Waals surface area contributed by atoms with Crippen LogP contribution in [0.4, 0.5) is 5.13 Å². The van der Waals surface area contributed by atoms with Gasteiger partial charge in [-0.2, -0.15) is 0 Å². The number of ether oxygens (including phenoxy) is 2. The summed E-state index contributed by atoms with van der Waals surface area (Å²) < 4.78 is 11.8. The van der Waals surface area contributed by atoms with Gasteiger partial charge in [0, 0.05) is 43.2 Å². The molecule has 0 atom stereocenters. The van der Waals surface area contributed by atoms with Gasteiger partial charge in [-0.3, -0.25) is 14.6 Å². The van der Waals surface area contributed by atoms with Gasteiger partial charge in [0.05, 0.1) is 30.5 Å². The van der Waals surface area contributed by atoms with Gasteiger partial charge in [0.2, 0.25) is 5.91 Å². The van der Waals surface area contributed by atoms with Crippen LogP contribution >= 0.6 is 23.1 Å². The Balaban J connectivity index is 1.40. The van der Waals surface area contributed by atoms with Crippen LogP contribution in [0.25, 0.3) is 10.2 Å². The number of fused-ring (bicyclic) bond motifs is 1. The predicted molar refractivity (Wildman–Crippen MR) is 137 cm³/mol. The molecule has 0 saturated carbocycles. The normalized spacial score (nSPS) is 14.5. The maximum absolute atomic E-state index is 13.3. The van der Waals surface area contributed by atoms with Gasteiger partial charge in [0.15, 0.2) is 5.13 Å². The lowest BCUT2D eigenvalue weighted by Crippen LogP contribution is -2.39. The summed E-state index contributed by atoms with van der Waals surface area (Å²) in [4.78, 5) is 23.6. The molecular weight excluding hydrogens is 454 g/mol. The monoisotopic (exact) mass is 485 g/mol. The molecular formula is C25H31N3O3S2. The van der Waals surface area contributed by atoms with Crippen molar-refractivity contribution < 1.29 is 14.3 Å². The van der Waals surface area contributed by atoms with E-state index in [-0.39, 0.29) is 5.91 Å². The fourth-order valence-electron chi connectivity index (χ4n) is 3.86. The van der Waals surface area contributed by atoms with Crippen LogP contribution in [0.1, 0.15) is 18.4 Å². The number of aromatic nitrogens is 1. The summed E-state index contributed by atoms with van der Waals surface area (Å²) in [6, 6.07) is 14.2. The molecule has 0 N–H and O–H groups in total. The molecule has 4 rings (SSSR count). The van der Waals surface area contributed by atoms with Crippen molar-refractivity contribution >= 4 is 44.4 Å². The molecule has 176 valence electrons. The van der Waals surface area contributed by atoms with Crippen LogP contribution in [0, 0.1) is 6.92 Å². The van der Waals surface area contributed by atoms with Crippen molar-refractivity contribution in [3.05, 3.63) is 48.0 Å². The van der Waals surface area contributed by atoms with Crippen molar-refractivity contribution in [2.24, 2.45) is 0 Å². The number of hydrogen-bond donors (Lipinski definition) is 0. The minimum Gasteiger partial charge on any atom is -0.497 e. The van der Waals surface area contributed by atoms with Crippen molar-refractivity contribution in [2.75, 3.05) is 57.2 Å². The highest BCUT2D eigenvalue weighted by molar-refractivity contribution is 7.99. The van der Waals surface area contributed by atoms with Crippen molar-refractivity contribution in [2.45, 2.75) is 24.7 Å². The second-order valence-electron chi connectivity index (χ2n) is 8.05. The summed E-state index contributed by atoms with van der Waals surface area (Å²) in [5.41, 5.74) is 2.14. The quantitative estimate of drug-likeness (QED) is 0.383. The number of rotatable bonds is 10. The summed E-state index contributed by atoms with van der Waals surface area (Å²) in [7, 11) is 1.66. The first-order valence-electron chi connectivity index (χ1n) is 11.4. The topological polar surface area (TPSA) is 54.9 Å². The Labute approximate surface area is 203 Å². The fourth-order valence-corrected chi connectivity index (χ4v) is 5.79. The second-order valence-corrected chi connectivity index (χ2v) is 10.2. The highest BCUT2D eigenvalue weighted by atomic mass is 32.2. The van der Waals surface area contributed by atoms with E-state index in [0.29, 0.717) is 13.0 Å². The predicted octanol–water partition coefficient (Wildman–Crippen LogP) is 4.85. The molecule has 2 heterocycles. The van der Waals surface area contributed by atoms with Gasteiger partial charge < -0.3 is 9.47 Å². The van der Waals surface area contributed by atoms with E-state index in [0.717, 1.165) is 76.6 Å². The third kappa shape index (κ3) is 6.47. The van der Waals surface area contributed by atoms with E-state index in [1.54, 1.807) is 30.2 Å². The summed E-state index contributed by atoms with van der Waals surface area (Å²) in [5.74, 6) is 1.71. The van der Waals surface area contributed by atoms with Crippen LogP contribution in [0.3, 0.4) is 0 Å². The Bertz CT molecular complexity index is 1050. The molecule has 1 fully saturated rings. The van der Waals surface area contributed by atoms with Crippen LogP contribution in [0.15, 0.2) is 47.4 Å². The van der Waals surface area contributed by atoms with Gasteiger partial charge in [-0.25, -0.2) is 4.98 Å². The van der Waals surface area contributed by atoms with Crippen molar-refractivity contribution in [3.63, 3.8) is 0 Å². The van der Waals surface area contributed by atoms with Gasteiger partial charge in [-0.15, -0.1) is 11.8 Å². The second kappa shape index (κ2) is 11.8. The smallest absolute Gasteiger partial charge is 0.229 e. The van der Waals surface area contributed by atoms with Crippen LogP contribution < -0.4 is 9.64 Å². The zero-order chi connectivity index (χ0) is 23.0. The Morgan fingerprint density at radius 3 is 2.73 bits per heavy atom. The standard InChI is InChI=1S/C25H31N3O3S2/c1-19-5-3-6-22-24(19)26-25(33-22)28(13-4-12-27-14-16-31-17-15-27)23(29)11-18-32-21-9-7-20(30-2)8-10-21/h3,5-10H,4,11-18H2,1-2H3. The number of thiazole rings is 1. The van der Waals surface area contributed by atoms with Gasteiger partial charge in [0.1, 0.15) is 5.75 Å². The average molecular weight is 486 g/mol. The fraction of sp³-hybridized carbons (Fsp3) is 0.440. The molecule has 6 nitrogen and oxygen atoms in total. The van der Waals surface area contributed by atoms with Crippen molar-refractivity contribution in [3.8, 4) is 5.75 Å². The van der Waals surface area contributed by atoms with E-state index in [1.165, 1.54) is 0 Å². The van der Waals surface area contributed by atoms with Gasteiger partial charge in [-0.1, -0.05) is 23.5 Å². The molecule has 0 spiro atoms. The number of aryl methyl sites for hydroxylation is 1. The van der Waals surface area contributed by atoms with E-state index < -0.39 is 0 Å². The van der Waals surface area contributed by atoms with Gasteiger partial charge >= 0.3 is 0 Å². The van der Waals surface area contributed by atoms with E-state index in [9.17, 15) is 4.79 Å². The first-order valence-corrected chi connectivity index (χ1v) is 13.2. The molecule has 2 aromatic carbocycles. The molecule has 0 aliphatic carbocycles. The number of morpholine rings is 1. The molecule has 1 amide bonds. The molecule has 1 aliphatic rings. The number of nitrogens with zero attached hydrogens (tertiary/aromatic N) is 3. The summed E-state index contributed by atoms with van der Waals surface area (Å²) in [6.07, 6.45) is 1.40. The van der Waals surface area contributed by atoms with Crippen molar-refractivity contribution in [1.29, 1.82) is 0 Å². The third-order valence-electron chi connectivity index (χ3n) is 5.75. The van der Waals surface area contributed by atoms with E-state index in [2.05, 4.69) is 30.0 Å². The molecule has 8 heteroatoms. The Morgan fingerprint density at radius 1 is 1.21 bits per heavy atom. The molecule has 1 aliphatic heterocycles. The number of carbonyl (C=O) groups excluding carboxylic acids is 1. The minimum absolute atomic E-state index is 0.134. The molecule has 1 saturated heterocycles. The highest BCUT2D eigenvalue weighted by Gasteiger charge is 2.21. The van der Waals surface area contributed by atoms with Crippen LogP contribution in [-0.4, -0.2) is 68.0 Å². The van der Waals surface area contributed by atoms with E-state index in [1.807, 2.05) is 29.2 Å². The van der Waals surface area contributed by atoms with Crippen LogP contribution in [-0.2, 0) is 9.53 Å². The largest absolute Gasteiger partial charge is 0.497 e. The molecule has 0 unspecified atom stereocenters. The van der Waals surface area contributed by atoms with Crippen LogP contribution in [0.2, 0.25) is 0 Å². The number of thioether (sulfide) groups is 1. The maximum Gasteiger partial charge on any atom is 0.229 e. The Kier molecular flexibility index (Phi) is 8.61. The lowest BCUT2D eigenvalue weighted by atomic mass is 10.2. The lowest BCUT2D eigenvalue weighted by Gasteiger charge is -2.27. The Hall–Kier alpha value is -2.13. The number of para-hydroxylation sites is 1. The highest BCUT2D eigenvalue weighted by Crippen LogP contribution is 2.31. The van der Waals surface area contributed by atoms with Crippen molar-refractivity contribution in [1.82, 2.24) is 9.88 Å². The molecule has 33 heavy (non-hydrogen) atoms. The number of anilines is 1. The summed E-state index contributed by atoms with van der Waals surface area (Å²) in [6.45, 7) is 7.24. The number of carbonyl (C=O) groups is 1. The van der Waals surface area contributed by atoms with Crippen LogP contribution in [0.5, 0.6) is 5.75 Å². The summed E-state index contributed by atoms with van der Waals surface area (Å²) >= 11 is 3.30. The minimum atomic E-state index is 0.134. The SMILES string of the molecule is COc1ccc(SCCC(=O)N(CCCN2CCOCC2)c2nc3c(C)cccc3s2)cc1. The molecule has 3 aromatic rings. The molecule has 1 aromatic heterocycles. The van der Waals surface area contributed by atoms with Gasteiger partial charge in [-0.05, 0) is 49.2 Å². The number of benzene rings is 2. The van der Waals surface area contributed by atoms with E-state index in [4.69, 9.17) is 14.5 Å². The zero-order valence-electron chi connectivity index (χ0n) is 19.3. The lowest BCUT2D eigenvalue weighted by molar-refractivity contribution is -0.118. The third-order valence-corrected chi connectivity index (χ3v) is 7.80. The summed E-state index contributed by atoms with van der Waals surface area (Å²) in [5, 5.41) is 0.806. The first kappa shape index (κ1) is 24.0. The Morgan fingerprint density at radius 2 is 2.00 bits per heavy atom. The number of amides is 1. The maximum atomic E-state index is 13.3.